The van der Waals surface area contributed by atoms with Crippen molar-refractivity contribution in [2.45, 2.75) is 19.0 Å². The molecule has 94 valence electrons. The van der Waals surface area contributed by atoms with E-state index in [4.69, 9.17) is 17.3 Å². The fourth-order valence-electron chi connectivity index (χ4n) is 2.40. The summed E-state index contributed by atoms with van der Waals surface area (Å²) in [5.41, 5.74) is 3.07. The minimum atomic E-state index is -4.40. The SMILES string of the molecule is NC(=O)C1CC1C1(C(F)(F)F)C=CC(Cl)=CC1. The lowest BCUT2D eigenvalue weighted by atomic mass is 9.75. The first-order valence-corrected chi connectivity index (χ1v) is 5.57. The number of alkyl halides is 3. The number of amides is 1. The second-order valence-corrected chi connectivity index (χ2v) is 4.95. The van der Waals surface area contributed by atoms with Gasteiger partial charge in [0, 0.05) is 11.0 Å². The van der Waals surface area contributed by atoms with Gasteiger partial charge in [0.1, 0.15) is 0 Å². The highest BCUT2D eigenvalue weighted by atomic mass is 35.5. The highest BCUT2D eigenvalue weighted by Gasteiger charge is 2.65. The van der Waals surface area contributed by atoms with Crippen molar-refractivity contribution in [3.63, 3.8) is 0 Å². The van der Waals surface area contributed by atoms with Crippen LogP contribution in [0.1, 0.15) is 12.8 Å². The lowest BCUT2D eigenvalue weighted by molar-refractivity contribution is -0.213. The summed E-state index contributed by atoms with van der Waals surface area (Å²) in [6, 6.07) is 0. The van der Waals surface area contributed by atoms with Crippen LogP contribution in [0.15, 0.2) is 23.3 Å². The van der Waals surface area contributed by atoms with E-state index in [1.54, 1.807) is 0 Å². The van der Waals surface area contributed by atoms with Crippen LogP contribution in [0, 0.1) is 17.3 Å². The second-order valence-electron chi connectivity index (χ2n) is 4.52. The van der Waals surface area contributed by atoms with E-state index in [9.17, 15) is 18.0 Å². The zero-order valence-electron chi connectivity index (χ0n) is 8.80. The molecule has 0 bridgehead atoms. The molecule has 1 saturated carbocycles. The lowest BCUT2D eigenvalue weighted by Crippen LogP contribution is -2.40. The van der Waals surface area contributed by atoms with Crippen molar-refractivity contribution in [1.29, 1.82) is 0 Å². The Bertz CT molecular complexity index is 415. The number of hydrogen-bond acceptors (Lipinski definition) is 1. The van der Waals surface area contributed by atoms with Gasteiger partial charge in [-0.05, 0) is 24.8 Å². The molecule has 6 heteroatoms. The molecule has 0 heterocycles. The van der Waals surface area contributed by atoms with Crippen LogP contribution in [-0.4, -0.2) is 12.1 Å². The van der Waals surface area contributed by atoms with Crippen LogP contribution >= 0.6 is 11.6 Å². The number of hydrogen-bond donors (Lipinski definition) is 1. The van der Waals surface area contributed by atoms with Crippen LogP contribution in [0.2, 0.25) is 0 Å². The molecule has 2 aliphatic rings. The van der Waals surface area contributed by atoms with Gasteiger partial charge >= 0.3 is 6.18 Å². The van der Waals surface area contributed by atoms with Crippen molar-refractivity contribution >= 4 is 17.5 Å². The Morgan fingerprint density at radius 1 is 1.53 bits per heavy atom. The summed E-state index contributed by atoms with van der Waals surface area (Å²) in [6.45, 7) is 0. The largest absolute Gasteiger partial charge is 0.398 e. The minimum absolute atomic E-state index is 0.199. The summed E-state index contributed by atoms with van der Waals surface area (Å²) in [5.74, 6) is -2.09. The van der Waals surface area contributed by atoms with Crippen LogP contribution in [0.5, 0.6) is 0 Å². The molecule has 2 rings (SSSR count). The van der Waals surface area contributed by atoms with Gasteiger partial charge < -0.3 is 5.73 Å². The molecule has 3 unspecified atom stereocenters. The Morgan fingerprint density at radius 3 is 2.53 bits per heavy atom. The van der Waals surface area contributed by atoms with E-state index in [1.807, 2.05) is 0 Å². The Labute approximate surface area is 101 Å². The van der Waals surface area contributed by atoms with E-state index >= 15 is 0 Å². The van der Waals surface area contributed by atoms with Gasteiger partial charge in [0.05, 0.1) is 5.41 Å². The van der Waals surface area contributed by atoms with Crippen LogP contribution < -0.4 is 5.73 Å². The molecule has 2 nitrogen and oxygen atoms in total. The van der Waals surface area contributed by atoms with Crippen LogP contribution in [0.3, 0.4) is 0 Å². The van der Waals surface area contributed by atoms with Gasteiger partial charge in [0.25, 0.3) is 0 Å². The molecule has 2 N–H and O–H groups in total. The molecule has 0 spiro atoms. The number of carbonyl (C=O) groups excluding carboxylic acids is 1. The van der Waals surface area contributed by atoms with E-state index in [0.29, 0.717) is 5.03 Å². The number of rotatable bonds is 2. The summed E-state index contributed by atoms with van der Waals surface area (Å²) in [5, 5.41) is 0.293. The standard InChI is InChI=1S/C11H11ClF3NO/c12-6-1-3-10(4-2-6,11(13,14)15)8-5-7(8)9(16)17/h1-3,7-8H,4-5H2,(H2,16,17). The van der Waals surface area contributed by atoms with E-state index in [-0.39, 0.29) is 12.8 Å². The highest BCUT2D eigenvalue weighted by Crippen LogP contribution is 2.61. The third kappa shape index (κ3) is 1.97. The van der Waals surface area contributed by atoms with Crippen LogP contribution in [0.25, 0.3) is 0 Å². The Morgan fingerprint density at radius 2 is 2.18 bits per heavy atom. The molecule has 0 aromatic rings. The number of allylic oxidation sites excluding steroid dienone is 4. The highest BCUT2D eigenvalue weighted by molar-refractivity contribution is 6.31. The van der Waals surface area contributed by atoms with Crippen LogP contribution in [-0.2, 0) is 4.79 Å². The maximum atomic E-state index is 13.2. The van der Waals surface area contributed by atoms with Gasteiger partial charge in [-0.2, -0.15) is 13.2 Å². The third-order valence-electron chi connectivity index (χ3n) is 3.52. The second kappa shape index (κ2) is 3.77. The predicted octanol–water partition coefficient (Wildman–Crippen LogP) is 2.74. The smallest absolute Gasteiger partial charge is 0.369 e. The topological polar surface area (TPSA) is 43.1 Å². The fraction of sp³-hybridized carbons (Fsp3) is 0.545. The summed E-state index contributed by atoms with van der Waals surface area (Å²) in [7, 11) is 0. The molecule has 1 amide bonds. The maximum Gasteiger partial charge on any atom is 0.398 e. The van der Waals surface area contributed by atoms with Crippen molar-refractivity contribution < 1.29 is 18.0 Å². The van der Waals surface area contributed by atoms with E-state index in [0.717, 1.165) is 6.08 Å². The summed E-state index contributed by atoms with van der Waals surface area (Å²) < 4.78 is 39.5. The van der Waals surface area contributed by atoms with E-state index in [2.05, 4.69) is 0 Å². The molecular formula is C11H11ClF3NO. The van der Waals surface area contributed by atoms with Gasteiger partial charge in [0.15, 0.2) is 0 Å². The first kappa shape index (κ1) is 12.5. The van der Waals surface area contributed by atoms with Gasteiger partial charge in [0.2, 0.25) is 5.91 Å². The van der Waals surface area contributed by atoms with Crippen LogP contribution in [0.4, 0.5) is 13.2 Å². The molecule has 1 fully saturated rings. The minimum Gasteiger partial charge on any atom is -0.369 e. The molecule has 17 heavy (non-hydrogen) atoms. The summed E-state index contributed by atoms with van der Waals surface area (Å²) in [4.78, 5) is 10.9. The fourth-order valence-corrected chi connectivity index (χ4v) is 2.55. The lowest BCUT2D eigenvalue weighted by Gasteiger charge is -2.34. The molecule has 0 aromatic heterocycles. The van der Waals surface area contributed by atoms with E-state index < -0.39 is 29.3 Å². The first-order valence-electron chi connectivity index (χ1n) is 5.19. The molecule has 3 atom stereocenters. The first-order chi connectivity index (χ1) is 7.78. The molecule has 0 aliphatic heterocycles. The molecular weight excluding hydrogens is 255 g/mol. The quantitative estimate of drug-likeness (QED) is 0.820. The average molecular weight is 266 g/mol. The maximum absolute atomic E-state index is 13.2. The van der Waals surface area contributed by atoms with Crippen molar-refractivity contribution in [1.82, 2.24) is 0 Å². The third-order valence-corrected chi connectivity index (χ3v) is 3.80. The number of primary amides is 1. The molecule has 0 saturated heterocycles. The zero-order chi connectivity index (χ0) is 12.8. The van der Waals surface area contributed by atoms with Crippen molar-refractivity contribution in [2.24, 2.45) is 23.0 Å². The van der Waals surface area contributed by atoms with Crippen molar-refractivity contribution in [3.8, 4) is 0 Å². The Kier molecular flexibility index (Phi) is 2.77. The van der Waals surface area contributed by atoms with Crippen molar-refractivity contribution in [3.05, 3.63) is 23.3 Å². The molecule has 0 radical (unpaired) electrons. The zero-order valence-corrected chi connectivity index (χ0v) is 9.55. The van der Waals surface area contributed by atoms with Gasteiger partial charge in [-0.3, -0.25) is 4.79 Å². The predicted molar refractivity (Wildman–Crippen MR) is 57.0 cm³/mol. The average Bonchev–Trinajstić information content (AvgIpc) is 2.97. The molecule has 0 aromatic carbocycles. The molecule has 2 aliphatic carbocycles. The van der Waals surface area contributed by atoms with Crippen molar-refractivity contribution in [2.75, 3.05) is 0 Å². The van der Waals surface area contributed by atoms with E-state index in [1.165, 1.54) is 12.2 Å². The summed E-state index contributed by atoms with van der Waals surface area (Å²) in [6.07, 6.45) is -0.763. The monoisotopic (exact) mass is 265 g/mol. The Hall–Kier alpha value is -0.970. The normalized spacial score (nSPS) is 36.6. The van der Waals surface area contributed by atoms with Gasteiger partial charge in [-0.25, -0.2) is 0 Å². The van der Waals surface area contributed by atoms with Gasteiger partial charge in [-0.1, -0.05) is 23.8 Å². The van der Waals surface area contributed by atoms with Gasteiger partial charge in [-0.15, -0.1) is 0 Å². The number of carbonyl (C=O) groups is 1. The Balaban J connectivity index is 2.29. The number of halogens is 4. The summed E-state index contributed by atoms with van der Waals surface area (Å²) >= 11 is 5.63. The number of nitrogens with two attached hydrogens (primary N) is 1.